The van der Waals surface area contributed by atoms with Crippen LogP contribution in [0.3, 0.4) is 0 Å². The molecule has 0 radical (unpaired) electrons. The van der Waals surface area contributed by atoms with Crippen molar-refractivity contribution >= 4 is 28.5 Å². The van der Waals surface area contributed by atoms with E-state index >= 15 is 0 Å². The Morgan fingerprint density at radius 3 is 2.58 bits per heavy atom. The maximum Gasteiger partial charge on any atom is 0.355 e. The van der Waals surface area contributed by atoms with E-state index in [1.807, 2.05) is 0 Å². The van der Waals surface area contributed by atoms with E-state index in [0.29, 0.717) is 10.9 Å². The van der Waals surface area contributed by atoms with Crippen molar-refractivity contribution in [2.24, 2.45) is 0 Å². The van der Waals surface area contributed by atoms with Gasteiger partial charge in [0.1, 0.15) is 11.5 Å². The van der Waals surface area contributed by atoms with Crippen molar-refractivity contribution in [1.82, 2.24) is 4.98 Å². The van der Waals surface area contributed by atoms with E-state index in [0.717, 1.165) is 6.07 Å². The van der Waals surface area contributed by atoms with E-state index in [4.69, 9.17) is 4.74 Å². The Morgan fingerprint density at radius 2 is 1.81 bits per heavy atom. The van der Waals surface area contributed by atoms with Gasteiger partial charge in [0, 0.05) is 17.0 Å². The molecule has 0 aliphatic rings. The number of benzene rings is 2. The topological polar surface area (TPSA) is 88.3 Å². The van der Waals surface area contributed by atoms with Crippen LogP contribution in [0.2, 0.25) is 0 Å². The molecular formula is C19H15FN2O4. The van der Waals surface area contributed by atoms with Gasteiger partial charge in [0.2, 0.25) is 0 Å². The molecule has 2 N–H and O–H groups in total. The number of esters is 1. The molecule has 2 aromatic carbocycles. The Labute approximate surface area is 147 Å². The van der Waals surface area contributed by atoms with E-state index in [1.165, 1.54) is 25.1 Å². The molecule has 3 rings (SSSR count). The summed E-state index contributed by atoms with van der Waals surface area (Å²) >= 11 is 0. The van der Waals surface area contributed by atoms with Gasteiger partial charge in [-0.25, -0.2) is 9.18 Å². The zero-order valence-electron chi connectivity index (χ0n) is 13.8. The van der Waals surface area contributed by atoms with Crippen LogP contribution in [0.1, 0.15) is 17.4 Å². The van der Waals surface area contributed by atoms with E-state index in [1.54, 1.807) is 30.3 Å². The number of fused-ring (bicyclic) bond motifs is 1. The summed E-state index contributed by atoms with van der Waals surface area (Å²) in [4.78, 5) is 39.2. The summed E-state index contributed by atoms with van der Waals surface area (Å²) in [5.41, 5.74) is 0.0592. The van der Waals surface area contributed by atoms with E-state index in [2.05, 4.69) is 10.3 Å². The number of hydrogen-bond donors (Lipinski definition) is 2. The van der Waals surface area contributed by atoms with Gasteiger partial charge in [0.25, 0.3) is 5.91 Å². The number of anilines is 1. The lowest BCUT2D eigenvalue weighted by atomic mass is 10.2. The van der Waals surface area contributed by atoms with Crippen LogP contribution in [-0.4, -0.2) is 23.0 Å². The monoisotopic (exact) mass is 354 g/mol. The van der Waals surface area contributed by atoms with Crippen LogP contribution in [0, 0.1) is 5.82 Å². The molecule has 0 saturated heterocycles. The second kappa shape index (κ2) is 7.18. The van der Waals surface area contributed by atoms with Crippen molar-refractivity contribution in [3.63, 3.8) is 0 Å². The zero-order chi connectivity index (χ0) is 18.7. The van der Waals surface area contributed by atoms with Gasteiger partial charge in [-0.2, -0.15) is 0 Å². The standard InChI is InChI=1S/C19H15FN2O4/c1-11(18(24)22-15-9-5-3-7-13(15)20)26-19(25)16-10-17(23)12-6-2-4-8-14(12)21-16/h2-11H,1H3,(H,21,23)(H,22,24)/t11-/m0/s1. The number of ether oxygens (including phenoxy) is 1. The molecule has 0 spiro atoms. The number of H-pyrrole nitrogens is 1. The fourth-order valence-corrected chi connectivity index (χ4v) is 2.38. The molecule has 26 heavy (non-hydrogen) atoms. The number of pyridine rings is 1. The Morgan fingerprint density at radius 1 is 1.12 bits per heavy atom. The van der Waals surface area contributed by atoms with Gasteiger partial charge in [-0.1, -0.05) is 24.3 Å². The largest absolute Gasteiger partial charge is 0.448 e. The molecule has 0 aliphatic carbocycles. The number of amides is 1. The lowest BCUT2D eigenvalue weighted by Gasteiger charge is -2.14. The first kappa shape index (κ1) is 17.3. The molecule has 132 valence electrons. The van der Waals surface area contributed by atoms with Crippen LogP contribution in [0.5, 0.6) is 0 Å². The number of rotatable bonds is 4. The predicted molar refractivity (Wildman–Crippen MR) is 94.5 cm³/mol. The Hall–Kier alpha value is -3.48. The SMILES string of the molecule is C[C@H](OC(=O)c1cc(=O)c2ccccc2[nH]1)C(=O)Nc1ccccc1F. The highest BCUT2D eigenvalue weighted by Gasteiger charge is 2.21. The van der Waals surface area contributed by atoms with Crippen molar-refractivity contribution < 1.29 is 18.7 Å². The number of nitrogens with one attached hydrogen (secondary N) is 2. The van der Waals surface area contributed by atoms with E-state index in [9.17, 15) is 18.8 Å². The van der Waals surface area contributed by atoms with Crippen molar-refractivity contribution in [3.8, 4) is 0 Å². The highest BCUT2D eigenvalue weighted by atomic mass is 19.1. The first-order chi connectivity index (χ1) is 12.5. The maximum atomic E-state index is 13.6. The molecule has 1 amide bonds. The number of carbonyl (C=O) groups is 2. The van der Waals surface area contributed by atoms with Crippen LogP contribution in [0.4, 0.5) is 10.1 Å². The quantitative estimate of drug-likeness (QED) is 0.705. The third-order valence-electron chi connectivity index (χ3n) is 3.74. The van der Waals surface area contributed by atoms with Gasteiger partial charge in [0.15, 0.2) is 11.5 Å². The smallest absolute Gasteiger partial charge is 0.355 e. The first-order valence-electron chi connectivity index (χ1n) is 7.84. The summed E-state index contributed by atoms with van der Waals surface area (Å²) in [7, 11) is 0. The summed E-state index contributed by atoms with van der Waals surface area (Å²) in [5.74, 6) is -2.14. The number of aromatic nitrogens is 1. The maximum absolute atomic E-state index is 13.6. The zero-order valence-corrected chi connectivity index (χ0v) is 13.8. The normalized spacial score (nSPS) is 11.8. The van der Waals surface area contributed by atoms with Crippen LogP contribution in [0.25, 0.3) is 10.9 Å². The van der Waals surface area contributed by atoms with Crippen molar-refractivity contribution in [1.29, 1.82) is 0 Å². The average Bonchev–Trinajstić information content (AvgIpc) is 2.63. The Kier molecular flexibility index (Phi) is 4.79. The lowest BCUT2D eigenvalue weighted by Crippen LogP contribution is -2.30. The van der Waals surface area contributed by atoms with Gasteiger partial charge in [0.05, 0.1) is 5.69 Å². The predicted octanol–water partition coefficient (Wildman–Crippen LogP) is 2.85. The molecule has 1 aromatic heterocycles. The minimum atomic E-state index is -1.18. The number of hydrogen-bond acceptors (Lipinski definition) is 4. The van der Waals surface area contributed by atoms with Gasteiger partial charge in [-0.05, 0) is 31.2 Å². The molecule has 0 fully saturated rings. The number of para-hydroxylation sites is 2. The Balaban J connectivity index is 1.74. The van der Waals surface area contributed by atoms with E-state index in [-0.39, 0.29) is 16.8 Å². The molecule has 1 heterocycles. The van der Waals surface area contributed by atoms with Gasteiger partial charge < -0.3 is 15.0 Å². The molecule has 7 heteroatoms. The molecule has 0 saturated carbocycles. The van der Waals surface area contributed by atoms with Crippen molar-refractivity contribution in [2.75, 3.05) is 5.32 Å². The third-order valence-corrected chi connectivity index (χ3v) is 3.74. The van der Waals surface area contributed by atoms with Gasteiger partial charge in [-0.3, -0.25) is 9.59 Å². The van der Waals surface area contributed by atoms with E-state index < -0.39 is 23.8 Å². The van der Waals surface area contributed by atoms with Crippen LogP contribution >= 0.6 is 0 Å². The summed E-state index contributed by atoms with van der Waals surface area (Å²) in [5, 5.41) is 2.78. The molecule has 6 nitrogen and oxygen atoms in total. The van der Waals surface area contributed by atoms with Gasteiger partial charge >= 0.3 is 5.97 Å². The molecule has 3 aromatic rings. The van der Waals surface area contributed by atoms with Crippen molar-refractivity contribution in [2.45, 2.75) is 13.0 Å². The molecule has 0 unspecified atom stereocenters. The molecule has 1 atom stereocenters. The molecule has 0 aliphatic heterocycles. The summed E-state index contributed by atoms with van der Waals surface area (Å²) in [6.45, 7) is 1.35. The summed E-state index contributed by atoms with van der Waals surface area (Å²) in [6.07, 6.45) is -1.18. The Bertz CT molecular complexity index is 1040. The summed E-state index contributed by atoms with van der Waals surface area (Å²) in [6, 6.07) is 13.5. The summed E-state index contributed by atoms with van der Waals surface area (Å²) < 4.78 is 18.6. The average molecular weight is 354 g/mol. The molecule has 0 bridgehead atoms. The van der Waals surface area contributed by atoms with Crippen molar-refractivity contribution in [3.05, 3.63) is 76.3 Å². The minimum absolute atomic E-state index is 0.0143. The second-order valence-corrected chi connectivity index (χ2v) is 5.61. The lowest BCUT2D eigenvalue weighted by molar-refractivity contribution is -0.123. The van der Waals surface area contributed by atoms with Gasteiger partial charge in [-0.15, -0.1) is 0 Å². The number of aromatic amines is 1. The minimum Gasteiger partial charge on any atom is -0.448 e. The fourth-order valence-electron chi connectivity index (χ4n) is 2.38. The van der Waals surface area contributed by atoms with Crippen LogP contribution in [-0.2, 0) is 9.53 Å². The fraction of sp³-hybridized carbons (Fsp3) is 0.105. The molecular weight excluding hydrogens is 339 g/mol. The third kappa shape index (κ3) is 3.61. The number of carbonyl (C=O) groups excluding carboxylic acids is 2. The first-order valence-corrected chi connectivity index (χ1v) is 7.84. The highest BCUT2D eigenvalue weighted by molar-refractivity contribution is 5.97. The van der Waals surface area contributed by atoms with Crippen LogP contribution in [0.15, 0.2) is 59.4 Å². The highest BCUT2D eigenvalue weighted by Crippen LogP contribution is 2.14. The number of halogens is 1. The second-order valence-electron chi connectivity index (χ2n) is 5.61. The van der Waals surface area contributed by atoms with Crippen LogP contribution < -0.4 is 10.7 Å².